The molecule has 0 spiro atoms. The van der Waals surface area contributed by atoms with E-state index in [4.69, 9.17) is 4.74 Å². The number of aromatic amines is 1. The first kappa shape index (κ1) is 13.8. The second kappa shape index (κ2) is 5.69. The summed E-state index contributed by atoms with van der Waals surface area (Å²) >= 11 is 0. The maximum absolute atomic E-state index is 12.4. The molecule has 0 saturated carbocycles. The Kier molecular flexibility index (Phi) is 3.74. The SMILES string of the molecule is O=C(N[C@H]1CC(=O)N(C2CCOCC2)C1=O)c1cc[nH]c1. The van der Waals surface area contributed by atoms with Crippen LogP contribution in [0.15, 0.2) is 18.5 Å². The van der Waals surface area contributed by atoms with Crippen LogP contribution >= 0.6 is 0 Å². The molecule has 3 rings (SSSR count). The smallest absolute Gasteiger partial charge is 0.253 e. The van der Waals surface area contributed by atoms with Crippen LogP contribution in [0.3, 0.4) is 0 Å². The fourth-order valence-electron chi connectivity index (χ4n) is 2.80. The normalized spacial score (nSPS) is 23.6. The van der Waals surface area contributed by atoms with Crippen LogP contribution in [-0.2, 0) is 14.3 Å². The van der Waals surface area contributed by atoms with Crippen molar-refractivity contribution in [3.8, 4) is 0 Å². The van der Waals surface area contributed by atoms with Crippen LogP contribution in [0.2, 0.25) is 0 Å². The molecule has 3 heterocycles. The third-order valence-corrected chi connectivity index (χ3v) is 3.90. The number of carbonyl (C=O) groups excluding carboxylic acids is 3. The summed E-state index contributed by atoms with van der Waals surface area (Å²) in [5.74, 6) is -0.877. The fraction of sp³-hybridized carbons (Fsp3) is 0.500. The molecule has 7 heteroatoms. The molecule has 0 aliphatic carbocycles. The van der Waals surface area contributed by atoms with Gasteiger partial charge in [-0.05, 0) is 18.9 Å². The van der Waals surface area contributed by atoms with Crippen molar-refractivity contribution in [1.29, 1.82) is 0 Å². The Morgan fingerprint density at radius 2 is 2.10 bits per heavy atom. The van der Waals surface area contributed by atoms with Crippen molar-refractivity contribution >= 4 is 17.7 Å². The Morgan fingerprint density at radius 1 is 1.33 bits per heavy atom. The molecular formula is C14H17N3O4. The third kappa shape index (κ3) is 2.69. The van der Waals surface area contributed by atoms with Crippen LogP contribution in [0, 0.1) is 0 Å². The van der Waals surface area contributed by atoms with Gasteiger partial charge in [0.25, 0.3) is 11.8 Å². The number of likely N-dealkylation sites (tertiary alicyclic amines) is 1. The molecule has 0 unspecified atom stereocenters. The van der Waals surface area contributed by atoms with E-state index >= 15 is 0 Å². The summed E-state index contributed by atoms with van der Waals surface area (Å²) in [6, 6.07) is 0.753. The zero-order chi connectivity index (χ0) is 14.8. The van der Waals surface area contributed by atoms with Crippen molar-refractivity contribution in [3.05, 3.63) is 24.0 Å². The molecule has 1 atom stereocenters. The second-order valence-electron chi connectivity index (χ2n) is 5.28. The molecule has 2 fully saturated rings. The van der Waals surface area contributed by atoms with E-state index in [1.807, 2.05) is 0 Å². The first-order chi connectivity index (χ1) is 10.2. The summed E-state index contributed by atoms with van der Waals surface area (Å²) in [5.41, 5.74) is 0.444. The molecular weight excluding hydrogens is 274 g/mol. The molecule has 2 saturated heterocycles. The summed E-state index contributed by atoms with van der Waals surface area (Å²) in [6.45, 7) is 1.12. The number of nitrogens with one attached hydrogen (secondary N) is 2. The predicted octanol–water partition coefficient (Wildman–Crippen LogP) is 0.0510. The topological polar surface area (TPSA) is 91.5 Å². The summed E-state index contributed by atoms with van der Waals surface area (Å²) in [7, 11) is 0. The average molecular weight is 291 g/mol. The summed E-state index contributed by atoms with van der Waals surface area (Å²) in [5, 5.41) is 2.63. The standard InChI is InChI=1S/C14H17N3O4/c18-12-7-11(16-13(19)9-1-4-15-8-9)14(20)17(12)10-2-5-21-6-3-10/h1,4,8,10-11,15H,2-3,5-7H2,(H,16,19)/t11-/m0/s1. The molecule has 2 aliphatic heterocycles. The van der Waals surface area contributed by atoms with Gasteiger partial charge in [0.15, 0.2) is 0 Å². The van der Waals surface area contributed by atoms with Crippen LogP contribution in [0.1, 0.15) is 29.6 Å². The highest BCUT2D eigenvalue weighted by atomic mass is 16.5. The molecule has 2 N–H and O–H groups in total. The Morgan fingerprint density at radius 3 is 2.76 bits per heavy atom. The summed E-state index contributed by atoms with van der Waals surface area (Å²) in [6.07, 6.45) is 4.54. The molecule has 0 bridgehead atoms. The van der Waals surface area contributed by atoms with Gasteiger partial charge in [-0.1, -0.05) is 0 Å². The van der Waals surface area contributed by atoms with E-state index < -0.39 is 6.04 Å². The third-order valence-electron chi connectivity index (χ3n) is 3.90. The zero-order valence-electron chi connectivity index (χ0n) is 11.5. The Hall–Kier alpha value is -2.15. The second-order valence-corrected chi connectivity index (χ2v) is 5.28. The van der Waals surface area contributed by atoms with E-state index in [9.17, 15) is 14.4 Å². The molecule has 3 amide bonds. The van der Waals surface area contributed by atoms with Crippen molar-refractivity contribution < 1.29 is 19.1 Å². The Labute approximate surface area is 121 Å². The van der Waals surface area contributed by atoms with Gasteiger partial charge in [-0.2, -0.15) is 0 Å². The monoisotopic (exact) mass is 291 g/mol. The largest absolute Gasteiger partial charge is 0.381 e. The zero-order valence-corrected chi connectivity index (χ0v) is 11.5. The highest BCUT2D eigenvalue weighted by Crippen LogP contribution is 2.22. The molecule has 21 heavy (non-hydrogen) atoms. The van der Waals surface area contributed by atoms with Gasteiger partial charge in [-0.15, -0.1) is 0 Å². The van der Waals surface area contributed by atoms with Gasteiger partial charge in [-0.3, -0.25) is 19.3 Å². The Bertz CT molecular complexity index is 549. The molecule has 7 nitrogen and oxygen atoms in total. The maximum atomic E-state index is 12.4. The molecule has 112 valence electrons. The number of nitrogens with zero attached hydrogens (tertiary/aromatic N) is 1. The maximum Gasteiger partial charge on any atom is 0.253 e. The summed E-state index contributed by atoms with van der Waals surface area (Å²) in [4.78, 5) is 40.5. The molecule has 1 aromatic rings. The van der Waals surface area contributed by atoms with Crippen LogP contribution in [0.4, 0.5) is 0 Å². The van der Waals surface area contributed by atoms with Crippen molar-refractivity contribution in [2.24, 2.45) is 0 Å². The van der Waals surface area contributed by atoms with E-state index in [1.54, 1.807) is 18.5 Å². The average Bonchev–Trinajstić information content (AvgIpc) is 3.09. The Balaban J connectivity index is 1.67. The number of hydrogen-bond acceptors (Lipinski definition) is 4. The first-order valence-corrected chi connectivity index (χ1v) is 7.04. The van der Waals surface area contributed by atoms with Crippen molar-refractivity contribution in [1.82, 2.24) is 15.2 Å². The highest BCUT2D eigenvalue weighted by Gasteiger charge is 2.43. The minimum Gasteiger partial charge on any atom is -0.381 e. The number of carbonyl (C=O) groups is 3. The molecule has 0 radical (unpaired) electrons. The molecule has 0 aromatic carbocycles. The number of aromatic nitrogens is 1. The van der Waals surface area contributed by atoms with Crippen molar-refractivity contribution in [3.63, 3.8) is 0 Å². The number of ether oxygens (including phenoxy) is 1. The van der Waals surface area contributed by atoms with Crippen LogP contribution < -0.4 is 5.32 Å². The first-order valence-electron chi connectivity index (χ1n) is 7.04. The fourth-order valence-corrected chi connectivity index (χ4v) is 2.80. The van der Waals surface area contributed by atoms with Gasteiger partial charge in [0.05, 0.1) is 12.0 Å². The van der Waals surface area contributed by atoms with E-state index in [-0.39, 0.29) is 30.2 Å². The molecule has 2 aliphatic rings. The van der Waals surface area contributed by atoms with Gasteiger partial charge < -0.3 is 15.0 Å². The lowest BCUT2D eigenvalue weighted by molar-refractivity contribution is -0.143. The van der Waals surface area contributed by atoms with E-state index in [0.29, 0.717) is 31.6 Å². The quantitative estimate of drug-likeness (QED) is 0.770. The highest BCUT2D eigenvalue weighted by molar-refractivity contribution is 6.08. The lowest BCUT2D eigenvalue weighted by atomic mass is 10.1. The van der Waals surface area contributed by atoms with Crippen LogP contribution in [-0.4, -0.2) is 52.9 Å². The molecule has 1 aromatic heterocycles. The van der Waals surface area contributed by atoms with E-state index in [1.165, 1.54) is 4.90 Å². The van der Waals surface area contributed by atoms with Gasteiger partial charge >= 0.3 is 0 Å². The number of rotatable bonds is 3. The number of H-pyrrole nitrogens is 1. The van der Waals surface area contributed by atoms with E-state index in [2.05, 4.69) is 10.3 Å². The summed E-state index contributed by atoms with van der Waals surface area (Å²) < 4.78 is 5.25. The number of hydrogen-bond donors (Lipinski definition) is 2. The number of amides is 3. The minimum absolute atomic E-state index is 0.0341. The predicted molar refractivity (Wildman–Crippen MR) is 72.4 cm³/mol. The van der Waals surface area contributed by atoms with Crippen molar-refractivity contribution in [2.75, 3.05) is 13.2 Å². The van der Waals surface area contributed by atoms with Gasteiger partial charge in [-0.25, -0.2) is 0 Å². The van der Waals surface area contributed by atoms with Gasteiger partial charge in [0, 0.05) is 31.6 Å². The lowest BCUT2D eigenvalue weighted by Crippen LogP contribution is -2.47. The van der Waals surface area contributed by atoms with Crippen molar-refractivity contribution in [2.45, 2.75) is 31.3 Å². The van der Waals surface area contributed by atoms with Crippen LogP contribution in [0.25, 0.3) is 0 Å². The van der Waals surface area contributed by atoms with Gasteiger partial charge in [0.2, 0.25) is 5.91 Å². The van der Waals surface area contributed by atoms with Crippen LogP contribution in [0.5, 0.6) is 0 Å². The van der Waals surface area contributed by atoms with Gasteiger partial charge in [0.1, 0.15) is 6.04 Å². The lowest BCUT2D eigenvalue weighted by Gasteiger charge is -2.29. The number of imide groups is 1. The minimum atomic E-state index is -0.761. The van der Waals surface area contributed by atoms with E-state index in [0.717, 1.165) is 0 Å².